The number of rotatable bonds is 5. The first-order valence-corrected chi connectivity index (χ1v) is 12.6. The number of aryl methyl sites for hydroxylation is 1. The fourth-order valence-electron chi connectivity index (χ4n) is 4.28. The molecule has 2 aromatic rings. The molecule has 2 fully saturated rings. The van der Waals surface area contributed by atoms with Crippen molar-refractivity contribution in [3.05, 3.63) is 53.7 Å². The quantitative estimate of drug-likeness (QED) is 0.660. The maximum atomic E-state index is 13.3. The van der Waals surface area contributed by atoms with Gasteiger partial charge >= 0.3 is 0 Å². The largest absolute Gasteiger partial charge is 0.250 e. The van der Waals surface area contributed by atoms with Crippen molar-refractivity contribution in [2.45, 2.75) is 73.1 Å². The highest BCUT2D eigenvalue weighted by molar-refractivity contribution is 7.99. The van der Waals surface area contributed by atoms with Crippen LogP contribution in [0.4, 0.5) is 0 Å². The lowest BCUT2D eigenvalue weighted by Crippen LogP contribution is -2.31. The monoisotopic (exact) mass is 416 g/mol. The molecule has 0 bridgehead atoms. The fraction of sp³-hybridized carbons (Fsp3) is 0.500. The van der Waals surface area contributed by atoms with Gasteiger partial charge in [-0.3, -0.25) is 0 Å². The maximum absolute atomic E-state index is 13.3. The van der Waals surface area contributed by atoms with Gasteiger partial charge in [0, 0.05) is 23.6 Å². The summed E-state index contributed by atoms with van der Waals surface area (Å²) in [6.07, 6.45) is 9.95. The van der Waals surface area contributed by atoms with Gasteiger partial charge in [0.15, 0.2) is 0 Å². The summed E-state index contributed by atoms with van der Waals surface area (Å²) >= 11 is 1.86. The molecule has 2 heterocycles. The summed E-state index contributed by atoms with van der Waals surface area (Å²) in [6.45, 7) is 2.54. The molecule has 0 N–H and O–H groups in total. The van der Waals surface area contributed by atoms with Gasteiger partial charge < -0.3 is 0 Å². The van der Waals surface area contributed by atoms with E-state index in [2.05, 4.69) is 11.1 Å². The van der Waals surface area contributed by atoms with Crippen molar-refractivity contribution in [2.24, 2.45) is 0 Å². The molecule has 1 unspecified atom stereocenters. The lowest BCUT2D eigenvalue weighted by molar-refractivity contribution is 0.391. The number of hydrogen-bond acceptors (Lipinski definition) is 4. The molecule has 6 heteroatoms. The van der Waals surface area contributed by atoms with Crippen LogP contribution in [0.5, 0.6) is 0 Å². The summed E-state index contributed by atoms with van der Waals surface area (Å²) in [5.74, 6) is 0. The van der Waals surface area contributed by atoms with E-state index in [0.717, 1.165) is 29.0 Å². The van der Waals surface area contributed by atoms with Crippen LogP contribution in [0.2, 0.25) is 0 Å². The van der Waals surface area contributed by atoms with E-state index >= 15 is 0 Å². The van der Waals surface area contributed by atoms with Crippen LogP contribution in [0.3, 0.4) is 0 Å². The third kappa shape index (κ3) is 4.14. The van der Waals surface area contributed by atoms with Crippen LogP contribution in [0.15, 0.2) is 52.5 Å². The molecule has 1 atom stereocenters. The Morgan fingerprint density at radius 3 is 2.50 bits per heavy atom. The van der Waals surface area contributed by atoms with Crippen molar-refractivity contribution in [1.82, 2.24) is 9.29 Å². The zero-order valence-corrected chi connectivity index (χ0v) is 18.0. The average molecular weight is 417 g/mol. The number of hydrogen-bond donors (Lipinski definition) is 0. The van der Waals surface area contributed by atoms with E-state index in [-0.39, 0.29) is 6.04 Å². The highest BCUT2D eigenvalue weighted by Gasteiger charge is 2.37. The molecular weight excluding hydrogens is 388 g/mol. The lowest BCUT2D eigenvalue weighted by Gasteiger charge is -2.27. The van der Waals surface area contributed by atoms with E-state index in [9.17, 15) is 8.42 Å². The first kappa shape index (κ1) is 19.9. The predicted octanol–water partition coefficient (Wildman–Crippen LogP) is 5.34. The summed E-state index contributed by atoms with van der Waals surface area (Å²) < 4.78 is 28.4. The zero-order chi connectivity index (χ0) is 19.6. The summed E-state index contributed by atoms with van der Waals surface area (Å²) in [5, 5.41) is 1.62. The predicted molar refractivity (Wildman–Crippen MR) is 114 cm³/mol. The van der Waals surface area contributed by atoms with E-state index in [1.54, 1.807) is 16.4 Å². The zero-order valence-electron chi connectivity index (χ0n) is 16.4. The van der Waals surface area contributed by atoms with Crippen molar-refractivity contribution < 1.29 is 8.42 Å². The second-order valence-electron chi connectivity index (χ2n) is 7.86. The minimum absolute atomic E-state index is 0.119. The van der Waals surface area contributed by atoms with E-state index < -0.39 is 10.0 Å². The molecule has 0 spiro atoms. The summed E-state index contributed by atoms with van der Waals surface area (Å²) in [5.41, 5.74) is 2.14. The molecule has 0 amide bonds. The SMILES string of the molecule is Cc1ccc(S(=O)(=O)N2CCCC2c2cccnc2SC2CCCCC2)cc1. The molecule has 1 aromatic heterocycles. The Hall–Kier alpha value is -1.37. The van der Waals surface area contributed by atoms with Gasteiger partial charge in [0.2, 0.25) is 10.0 Å². The molecule has 1 saturated heterocycles. The van der Waals surface area contributed by atoms with Gasteiger partial charge in [-0.25, -0.2) is 13.4 Å². The van der Waals surface area contributed by atoms with Crippen molar-refractivity contribution in [3.63, 3.8) is 0 Å². The molecule has 0 radical (unpaired) electrons. The van der Waals surface area contributed by atoms with E-state index in [0.29, 0.717) is 16.7 Å². The Labute approximate surface area is 172 Å². The molecule has 2 aliphatic rings. The van der Waals surface area contributed by atoms with Crippen molar-refractivity contribution in [2.75, 3.05) is 6.54 Å². The molecule has 1 aliphatic carbocycles. The van der Waals surface area contributed by atoms with Crippen LogP contribution in [0.25, 0.3) is 0 Å². The summed E-state index contributed by atoms with van der Waals surface area (Å²) in [4.78, 5) is 5.04. The standard InChI is InChI=1S/C22H28N2O2S2/c1-17-11-13-19(14-12-17)28(25,26)24-16-6-10-21(24)20-9-5-15-23-22(20)27-18-7-3-2-4-8-18/h5,9,11-15,18,21H,2-4,6-8,10,16H2,1H3. The Kier molecular flexibility index (Phi) is 6.09. The highest BCUT2D eigenvalue weighted by Crippen LogP contribution is 2.42. The molecule has 1 saturated carbocycles. The number of thioether (sulfide) groups is 1. The van der Waals surface area contributed by atoms with Gasteiger partial charge in [-0.1, -0.05) is 43.0 Å². The number of aromatic nitrogens is 1. The second kappa shape index (κ2) is 8.56. The minimum Gasteiger partial charge on any atom is -0.250 e. The van der Waals surface area contributed by atoms with Gasteiger partial charge in [0.25, 0.3) is 0 Å². The van der Waals surface area contributed by atoms with Crippen LogP contribution in [0, 0.1) is 6.92 Å². The van der Waals surface area contributed by atoms with Gasteiger partial charge in [0.1, 0.15) is 5.03 Å². The molecule has 1 aromatic carbocycles. The number of pyridine rings is 1. The molecule has 28 heavy (non-hydrogen) atoms. The summed E-state index contributed by atoms with van der Waals surface area (Å²) in [7, 11) is -3.51. The molecule has 4 rings (SSSR count). The van der Waals surface area contributed by atoms with Crippen LogP contribution < -0.4 is 0 Å². The first-order valence-electron chi connectivity index (χ1n) is 10.3. The highest BCUT2D eigenvalue weighted by atomic mass is 32.2. The fourth-order valence-corrected chi connectivity index (χ4v) is 7.30. The minimum atomic E-state index is -3.51. The van der Waals surface area contributed by atoms with Gasteiger partial charge in [-0.05, 0) is 50.8 Å². The number of nitrogens with zero attached hydrogens (tertiary/aromatic N) is 2. The van der Waals surface area contributed by atoms with Gasteiger partial charge in [-0.15, -0.1) is 11.8 Å². The summed E-state index contributed by atoms with van der Waals surface area (Å²) in [6, 6.07) is 11.1. The van der Waals surface area contributed by atoms with E-state index in [4.69, 9.17) is 0 Å². The normalized spacial score (nSPS) is 21.8. The van der Waals surface area contributed by atoms with Crippen LogP contribution >= 0.6 is 11.8 Å². The maximum Gasteiger partial charge on any atom is 0.243 e. The van der Waals surface area contributed by atoms with Crippen molar-refractivity contribution in [1.29, 1.82) is 0 Å². The second-order valence-corrected chi connectivity index (χ2v) is 11.0. The molecule has 1 aliphatic heterocycles. The van der Waals surface area contributed by atoms with Crippen LogP contribution in [-0.2, 0) is 10.0 Å². The van der Waals surface area contributed by atoms with Gasteiger partial charge in [-0.2, -0.15) is 4.31 Å². The molecule has 4 nitrogen and oxygen atoms in total. The average Bonchev–Trinajstić information content (AvgIpc) is 3.20. The topological polar surface area (TPSA) is 50.3 Å². The smallest absolute Gasteiger partial charge is 0.243 e. The first-order chi connectivity index (χ1) is 13.6. The Morgan fingerprint density at radius 1 is 1.00 bits per heavy atom. The van der Waals surface area contributed by atoms with Crippen LogP contribution in [0.1, 0.15) is 62.1 Å². The van der Waals surface area contributed by atoms with Crippen LogP contribution in [-0.4, -0.2) is 29.5 Å². The number of sulfonamides is 1. The van der Waals surface area contributed by atoms with E-state index in [1.807, 2.05) is 43.1 Å². The third-order valence-corrected chi connectivity index (χ3v) is 9.11. The van der Waals surface area contributed by atoms with Crippen molar-refractivity contribution >= 4 is 21.8 Å². The number of benzene rings is 1. The van der Waals surface area contributed by atoms with E-state index in [1.165, 1.54) is 32.1 Å². The lowest BCUT2D eigenvalue weighted by atomic mass is 10.0. The Balaban J connectivity index is 1.62. The molecule has 150 valence electrons. The molecular formula is C22H28N2O2S2. The van der Waals surface area contributed by atoms with Gasteiger partial charge in [0.05, 0.1) is 10.9 Å². The third-order valence-electron chi connectivity index (χ3n) is 5.82. The Morgan fingerprint density at radius 2 is 1.75 bits per heavy atom. The van der Waals surface area contributed by atoms with Crippen molar-refractivity contribution in [3.8, 4) is 0 Å². The Bertz CT molecular complexity index is 906.